The van der Waals surface area contributed by atoms with Crippen molar-refractivity contribution < 1.29 is 9.53 Å². The maximum atomic E-state index is 11.3. The maximum absolute atomic E-state index is 11.3. The maximum Gasteiger partial charge on any atom is 0.229 e. The number of rotatable bonds is 8. The summed E-state index contributed by atoms with van der Waals surface area (Å²) < 4.78 is 5.24. The van der Waals surface area contributed by atoms with Gasteiger partial charge in [-0.3, -0.25) is 4.79 Å². The van der Waals surface area contributed by atoms with E-state index in [0.29, 0.717) is 11.5 Å². The Balaban J connectivity index is 1.57. The molecule has 0 saturated heterocycles. The van der Waals surface area contributed by atoms with Crippen molar-refractivity contribution in [2.75, 3.05) is 24.3 Å². The Kier molecular flexibility index (Phi) is 5.99. The van der Waals surface area contributed by atoms with Crippen molar-refractivity contribution in [1.82, 2.24) is 9.97 Å². The number of carbonyl (C=O) groups excluding carboxylic acids is 1. The van der Waals surface area contributed by atoms with Crippen molar-refractivity contribution >= 4 is 23.2 Å². The zero-order chi connectivity index (χ0) is 19.1. The van der Waals surface area contributed by atoms with Crippen LogP contribution in [0.15, 0.2) is 60.8 Å². The summed E-state index contributed by atoms with van der Waals surface area (Å²) in [5.41, 5.74) is 2.70. The number of methoxy groups -OCH3 is 1. The van der Waals surface area contributed by atoms with Gasteiger partial charge in [0, 0.05) is 24.0 Å². The SMILES string of the molecule is COc1cccc(CCNc2ccnc(Nc3ccc(C(C)=O)cc3)n2)c1. The Bertz CT molecular complexity index is 910. The average molecular weight is 362 g/mol. The summed E-state index contributed by atoms with van der Waals surface area (Å²) in [6.07, 6.45) is 2.56. The summed E-state index contributed by atoms with van der Waals surface area (Å²) in [6.45, 7) is 2.29. The van der Waals surface area contributed by atoms with Crippen molar-refractivity contribution in [3.8, 4) is 5.75 Å². The molecule has 0 amide bonds. The highest BCUT2D eigenvalue weighted by Crippen LogP contribution is 2.16. The third-order valence-electron chi connectivity index (χ3n) is 4.06. The number of anilines is 3. The number of nitrogens with zero attached hydrogens (tertiary/aromatic N) is 2. The zero-order valence-corrected chi connectivity index (χ0v) is 15.4. The predicted molar refractivity (Wildman–Crippen MR) is 107 cm³/mol. The summed E-state index contributed by atoms with van der Waals surface area (Å²) >= 11 is 0. The molecule has 0 aliphatic rings. The molecule has 2 aromatic carbocycles. The molecule has 6 nitrogen and oxygen atoms in total. The van der Waals surface area contributed by atoms with E-state index in [0.717, 1.165) is 30.2 Å². The highest BCUT2D eigenvalue weighted by atomic mass is 16.5. The van der Waals surface area contributed by atoms with Crippen LogP contribution in [0.4, 0.5) is 17.5 Å². The van der Waals surface area contributed by atoms with Crippen LogP contribution in [0.1, 0.15) is 22.8 Å². The van der Waals surface area contributed by atoms with Crippen LogP contribution in [0, 0.1) is 0 Å². The van der Waals surface area contributed by atoms with E-state index in [2.05, 4.69) is 26.7 Å². The molecule has 0 aliphatic heterocycles. The molecule has 1 aromatic heterocycles. The van der Waals surface area contributed by atoms with Crippen LogP contribution in [0.5, 0.6) is 5.75 Å². The molecule has 0 unspecified atom stereocenters. The molecule has 0 saturated carbocycles. The molecule has 6 heteroatoms. The molecular weight excluding hydrogens is 340 g/mol. The van der Waals surface area contributed by atoms with Gasteiger partial charge in [0.15, 0.2) is 5.78 Å². The van der Waals surface area contributed by atoms with E-state index in [1.54, 1.807) is 32.4 Å². The van der Waals surface area contributed by atoms with Crippen LogP contribution in [0.2, 0.25) is 0 Å². The Hall–Kier alpha value is -3.41. The Morgan fingerprint density at radius 1 is 1.11 bits per heavy atom. The molecule has 1 heterocycles. The van der Waals surface area contributed by atoms with E-state index in [1.807, 2.05) is 36.4 Å². The van der Waals surface area contributed by atoms with Crippen LogP contribution in [0.3, 0.4) is 0 Å². The lowest BCUT2D eigenvalue weighted by Crippen LogP contribution is -2.08. The second kappa shape index (κ2) is 8.80. The third kappa shape index (κ3) is 5.28. The highest BCUT2D eigenvalue weighted by molar-refractivity contribution is 5.94. The first-order valence-corrected chi connectivity index (χ1v) is 8.72. The van der Waals surface area contributed by atoms with E-state index in [1.165, 1.54) is 5.56 Å². The van der Waals surface area contributed by atoms with Gasteiger partial charge in [-0.05, 0) is 61.4 Å². The van der Waals surface area contributed by atoms with Gasteiger partial charge in [-0.25, -0.2) is 4.98 Å². The first kappa shape index (κ1) is 18.4. The highest BCUT2D eigenvalue weighted by Gasteiger charge is 2.03. The molecule has 0 radical (unpaired) electrons. The van der Waals surface area contributed by atoms with Crippen LogP contribution in [-0.2, 0) is 6.42 Å². The second-order valence-electron chi connectivity index (χ2n) is 6.05. The van der Waals surface area contributed by atoms with Crippen molar-refractivity contribution in [3.05, 3.63) is 71.9 Å². The number of benzene rings is 2. The smallest absolute Gasteiger partial charge is 0.229 e. The van der Waals surface area contributed by atoms with Crippen LogP contribution in [0.25, 0.3) is 0 Å². The van der Waals surface area contributed by atoms with E-state index in [9.17, 15) is 4.79 Å². The molecule has 0 atom stereocenters. The third-order valence-corrected chi connectivity index (χ3v) is 4.06. The zero-order valence-electron chi connectivity index (χ0n) is 15.4. The van der Waals surface area contributed by atoms with Gasteiger partial charge in [-0.2, -0.15) is 4.98 Å². The molecular formula is C21H22N4O2. The van der Waals surface area contributed by atoms with E-state index < -0.39 is 0 Å². The van der Waals surface area contributed by atoms with Crippen molar-refractivity contribution in [1.29, 1.82) is 0 Å². The number of nitrogens with one attached hydrogen (secondary N) is 2. The van der Waals surface area contributed by atoms with E-state index in [-0.39, 0.29) is 5.78 Å². The van der Waals surface area contributed by atoms with Gasteiger partial charge in [0.1, 0.15) is 11.6 Å². The average Bonchev–Trinajstić information content (AvgIpc) is 2.69. The van der Waals surface area contributed by atoms with Gasteiger partial charge in [-0.15, -0.1) is 0 Å². The number of hydrogen-bond acceptors (Lipinski definition) is 6. The Morgan fingerprint density at radius 2 is 1.93 bits per heavy atom. The topological polar surface area (TPSA) is 76.1 Å². The minimum absolute atomic E-state index is 0.0417. The quantitative estimate of drug-likeness (QED) is 0.588. The number of aromatic nitrogens is 2. The second-order valence-corrected chi connectivity index (χ2v) is 6.05. The number of Topliss-reactive ketones (excluding diaryl/α,β-unsaturated/α-hetero) is 1. The fourth-order valence-corrected chi connectivity index (χ4v) is 2.60. The standard InChI is InChI=1S/C21H22N4O2/c1-15(26)17-6-8-18(9-7-17)24-21-23-13-11-20(25-21)22-12-10-16-4-3-5-19(14-16)27-2/h3-9,11,13-14H,10,12H2,1-2H3,(H2,22,23,24,25). The van der Waals surface area contributed by atoms with Crippen molar-refractivity contribution in [2.24, 2.45) is 0 Å². The molecule has 3 aromatic rings. The van der Waals surface area contributed by atoms with E-state index >= 15 is 0 Å². The molecule has 27 heavy (non-hydrogen) atoms. The van der Waals surface area contributed by atoms with Crippen molar-refractivity contribution in [3.63, 3.8) is 0 Å². The summed E-state index contributed by atoms with van der Waals surface area (Å²) in [7, 11) is 1.67. The van der Waals surface area contributed by atoms with Crippen LogP contribution in [-0.4, -0.2) is 29.4 Å². The number of ether oxygens (including phenoxy) is 1. The minimum atomic E-state index is 0.0417. The summed E-state index contributed by atoms with van der Waals surface area (Å²) in [4.78, 5) is 20.0. The van der Waals surface area contributed by atoms with Gasteiger partial charge >= 0.3 is 0 Å². The molecule has 0 aliphatic carbocycles. The molecule has 3 rings (SSSR count). The molecule has 138 valence electrons. The Labute approximate surface area is 158 Å². The molecule has 0 fully saturated rings. The summed E-state index contributed by atoms with van der Waals surface area (Å²) in [5, 5.41) is 6.45. The Morgan fingerprint density at radius 3 is 2.67 bits per heavy atom. The number of carbonyl (C=O) groups is 1. The molecule has 2 N–H and O–H groups in total. The van der Waals surface area contributed by atoms with Gasteiger partial charge in [0.25, 0.3) is 0 Å². The van der Waals surface area contributed by atoms with E-state index in [4.69, 9.17) is 4.74 Å². The van der Waals surface area contributed by atoms with Crippen molar-refractivity contribution in [2.45, 2.75) is 13.3 Å². The first-order valence-electron chi connectivity index (χ1n) is 8.72. The first-order chi connectivity index (χ1) is 13.1. The monoisotopic (exact) mass is 362 g/mol. The fraction of sp³-hybridized carbons (Fsp3) is 0.190. The van der Waals surface area contributed by atoms with Crippen LogP contribution >= 0.6 is 0 Å². The molecule has 0 spiro atoms. The van der Waals surface area contributed by atoms with Crippen LogP contribution < -0.4 is 15.4 Å². The number of hydrogen-bond donors (Lipinski definition) is 2. The summed E-state index contributed by atoms with van der Waals surface area (Å²) in [5.74, 6) is 2.14. The van der Waals surface area contributed by atoms with Gasteiger partial charge in [0.2, 0.25) is 5.95 Å². The lowest BCUT2D eigenvalue weighted by atomic mass is 10.1. The predicted octanol–water partition coefficient (Wildman–Crippen LogP) is 4.09. The number of ketones is 1. The molecule has 0 bridgehead atoms. The minimum Gasteiger partial charge on any atom is -0.497 e. The lowest BCUT2D eigenvalue weighted by molar-refractivity contribution is 0.101. The van der Waals surface area contributed by atoms with Gasteiger partial charge < -0.3 is 15.4 Å². The largest absolute Gasteiger partial charge is 0.497 e. The fourth-order valence-electron chi connectivity index (χ4n) is 2.60. The summed E-state index contributed by atoms with van der Waals surface area (Å²) in [6, 6.07) is 17.1. The van der Waals surface area contributed by atoms with Gasteiger partial charge in [0.05, 0.1) is 7.11 Å². The lowest BCUT2D eigenvalue weighted by Gasteiger charge is -2.09. The van der Waals surface area contributed by atoms with Gasteiger partial charge in [-0.1, -0.05) is 12.1 Å². The normalized spacial score (nSPS) is 10.3.